The third kappa shape index (κ3) is 8.64. The third-order valence-corrected chi connectivity index (χ3v) is 7.38. The van der Waals surface area contributed by atoms with Gasteiger partial charge in [0.25, 0.3) is 5.56 Å². The van der Waals surface area contributed by atoms with Crippen molar-refractivity contribution in [3.8, 4) is 0 Å². The molecule has 1 aromatic carbocycles. The van der Waals surface area contributed by atoms with E-state index in [0.717, 1.165) is 48.9 Å². The fourth-order valence-corrected chi connectivity index (χ4v) is 5.09. The molecule has 5 rings (SSSR count). The Hall–Kier alpha value is -4.21. The predicted molar refractivity (Wildman–Crippen MR) is 148 cm³/mol. The predicted octanol–water partition coefficient (Wildman–Crippen LogP) is 1.34. The van der Waals surface area contributed by atoms with E-state index in [0.29, 0.717) is 48.1 Å². The van der Waals surface area contributed by atoms with Crippen LogP contribution in [0.1, 0.15) is 18.5 Å². The normalized spacial score (nSPS) is 15.7. The summed E-state index contributed by atoms with van der Waals surface area (Å²) in [5.74, 6) is -2.53. The van der Waals surface area contributed by atoms with E-state index in [2.05, 4.69) is 30.7 Å². The van der Waals surface area contributed by atoms with Crippen molar-refractivity contribution in [3.05, 3.63) is 64.5 Å². The Labute approximate surface area is 237 Å². The molecule has 2 aliphatic heterocycles. The number of nitrogens with one attached hydrogen (secondary N) is 2. The molecule has 1 saturated heterocycles. The maximum Gasteiger partial charge on any atom is 0.328 e. The largest absolute Gasteiger partial charge is 0.478 e. The van der Waals surface area contributed by atoms with Gasteiger partial charge in [0.05, 0.1) is 34.4 Å². The summed E-state index contributed by atoms with van der Waals surface area (Å²) in [5, 5.41) is 31.2. The number of carboxylic acids is 2. The third-order valence-electron chi connectivity index (χ3n) is 6.40. The van der Waals surface area contributed by atoms with E-state index in [1.165, 1.54) is 30.1 Å². The van der Waals surface area contributed by atoms with E-state index in [1.807, 2.05) is 6.07 Å². The summed E-state index contributed by atoms with van der Waals surface area (Å²) < 4.78 is 15.3. The molecule has 0 spiro atoms. The summed E-state index contributed by atoms with van der Waals surface area (Å²) in [5.41, 5.74) is 2.46. The fourth-order valence-electron chi connectivity index (χ4n) is 4.38. The Balaban J connectivity index is 0.000000426. The van der Waals surface area contributed by atoms with Crippen LogP contribution in [-0.2, 0) is 27.5 Å². The second kappa shape index (κ2) is 13.9. The Morgan fingerprint density at radius 2 is 1.83 bits per heavy atom. The van der Waals surface area contributed by atoms with Gasteiger partial charge >= 0.3 is 11.9 Å². The summed E-state index contributed by atoms with van der Waals surface area (Å²) in [6, 6.07) is 6.56. The zero-order valence-corrected chi connectivity index (χ0v) is 22.6. The number of aliphatic carboxylic acids is 2. The highest BCUT2D eigenvalue weighted by molar-refractivity contribution is 8.00. The molecule has 1 amide bonds. The smallest absolute Gasteiger partial charge is 0.328 e. The number of hydrogen-bond acceptors (Lipinski definition) is 10. The van der Waals surface area contributed by atoms with Gasteiger partial charge in [-0.25, -0.2) is 19.0 Å². The summed E-state index contributed by atoms with van der Waals surface area (Å²) in [6.45, 7) is 3.62. The summed E-state index contributed by atoms with van der Waals surface area (Å²) in [7, 11) is 0. The van der Waals surface area contributed by atoms with Crippen molar-refractivity contribution >= 4 is 46.3 Å². The lowest BCUT2D eigenvalue weighted by molar-refractivity contribution is -0.134. The van der Waals surface area contributed by atoms with Gasteiger partial charge in [0.2, 0.25) is 5.91 Å². The van der Waals surface area contributed by atoms with Gasteiger partial charge in [0, 0.05) is 37.8 Å². The molecule has 0 atom stereocenters. The number of rotatable bonds is 8. The zero-order valence-electron chi connectivity index (χ0n) is 21.8. The number of fused-ring (bicyclic) bond motifs is 2. The number of carboxylic acid groups (broad SMARTS) is 2. The van der Waals surface area contributed by atoms with Gasteiger partial charge in [-0.15, -0.1) is 5.10 Å². The van der Waals surface area contributed by atoms with Crippen LogP contribution in [0.25, 0.3) is 11.0 Å². The Kier molecular flexibility index (Phi) is 10.1. The monoisotopic (exact) mass is 585 g/mol. The number of amides is 1. The molecule has 2 aromatic heterocycles. The van der Waals surface area contributed by atoms with E-state index >= 15 is 0 Å². The molecule has 15 heteroatoms. The number of piperidine rings is 1. The second-order valence-electron chi connectivity index (χ2n) is 9.28. The molecule has 2 aliphatic rings. The van der Waals surface area contributed by atoms with Crippen LogP contribution in [-0.4, -0.2) is 84.1 Å². The minimum atomic E-state index is -1.26. The second-order valence-corrected chi connectivity index (χ2v) is 10.2. The fraction of sp³-hybridized carbons (Fsp3) is 0.346. The molecule has 4 N–H and O–H groups in total. The van der Waals surface area contributed by atoms with Gasteiger partial charge in [-0.05, 0) is 50.2 Å². The summed E-state index contributed by atoms with van der Waals surface area (Å²) >= 11 is 1.40. The molecule has 13 nitrogen and oxygen atoms in total. The first kappa shape index (κ1) is 29.8. The first-order valence-electron chi connectivity index (χ1n) is 12.7. The Morgan fingerprint density at radius 1 is 1.10 bits per heavy atom. The molecular weight excluding hydrogens is 557 g/mol. The highest BCUT2D eigenvalue weighted by atomic mass is 32.2. The van der Waals surface area contributed by atoms with Crippen molar-refractivity contribution in [2.75, 3.05) is 30.7 Å². The van der Waals surface area contributed by atoms with Crippen LogP contribution < -0.4 is 16.2 Å². The van der Waals surface area contributed by atoms with Crippen LogP contribution >= 0.6 is 11.8 Å². The van der Waals surface area contributed by atoms with Crippen molar-refractivity contribution in [1.82, 2.24) is 30.0 Å². The molecule has 41 heavy (non-hydrogen) atoms. The molecule has 0 saturated carbocycles. The SMILES string of the molecule is O=C(O)/C=C/C(=O)O.O=C1CSc2nnc(CNC3CCN(CCn4c(=O)cnc5ccc(F)cc54)CC3)cc2N1. The van der Waals surface area contributed by atoms with Gasteiger partial charge in [0.1, 0.15) is 10.8 Å². The minimum Gasteiger partial charge on any atom is -0.478 e. The topological polar surface area (TPSA) is 180 Å². The van der Waals surface area contributed by atoms with E-state index < -0.39 is 11.9 Å². The Morgan fingerprint density at radius 3 is 2.54 bits per heavy atom. The number of hydrogen-bond donors (Lipinski definition) is 4. The molecule has 1 fully saturated rings. The van der Waals surface area contributed by atoms with Gasteiger partial charge in [0.15, 0.2) is 0 Å². The lowest BCUT2D eigenvalue weighted by atomic mass is 10.0. The average Bonchev–Trinajstić information content (AvgIpc) is 2.95. The maximum absolute atomic E-state index is 13.7. The molecule has 0 bridgehead atoms. The number of likely N-dealkylation sites (tertiary alicyclic amines) is 1. The van der Waals surface area contributed by atoms with Crippen LogP contribution in [0.2, 0.25) is 0 Å². The number of carbonyl (C=O) groups is 3. The molecular formula is C26H28FN7O6S. The summed E-state index contributed by atoms with van der Waals surface area (Å²) in [4.78, 5) is 49.4. The van der Waals surface area contributed by atoms with Crippen molar-refractivity contribution < 1.29 is 29.0 Å². The van der Waals surface area contributed by atoms with E-state index in [9.17, 15) is 23.6 Å². The van der Waals surface area contributed by atoms with Crippen molar-refractivity contribution in [1.29, 1.82) is 0 Å². The lowest BCUT2D eigenvalue weighted by Gasteiger charge is -2.32. The molecule has 4 heterocycles. The van der Waals surface area contributed by atoms with Gasteiger partial charge in [-0.1, -0.05) is 11.8 Å². The minimum absolute atomic E-state index is 0.0149. The molecule has 216 valence electrons. The van der Waals surface area contributed by atoms with Crippen LogP contribution in [0.3, 0.4) is 0 Å². The van der Waals surface area contributed by atoms with Gasteiger partial charge in [-0.2, -0.15) is 5.10 Å². The molecule has 0 radical (unpaired) electrons. The van der Waals surface area contributed by atoms with E-state index in [-0.39, 0.29) is 17.3 Å². The molecule has 0 aliphatic carbocycles. The van der Waals surface area contributed by atoms with Crippen molar-refractivity contribution in [2.24, 2.45) is 0 Å². The number of aromatic nitrogens is 4. The number of carbonyl (C=O) groups excluding carboxylic acids is 1. The number of thioether (sulfide) groups is 1. The highest BCUT2D eigenvalue weighted by Crippen LogP contribution is 2.28. The first-order chi connectivity index (χ1) is 19.7. The van der Waals surface area contributed by atoms with Gasteiger partial charge < -0.3 is 30.3 Å². The van der Waals surface area contributed by atoms with E-state index in [4.69, 9.17) is 10.2 Å². The Bertz CT molecular complexity index is 1510. The van der Waals surface area contributed by atoms with Crippen molar-refractivity contribution in [2.45, 2.75) is 37.0 Å². The highest BCUT2D eigenvalue weighted by Gasteiger charge is 2.21. The zero-order chi connectivity index (χ0) is 29.4. The average molecular weight is 586 g/mol. The van der Waals surface area contributed by atoms with E-state index in [1.54, 1.807) is 10.6 Å². The molecule has 0 unspecified atom stereocenters. The first-order valence-corrected chi connectivity index (χ1v) is 13.7. The summed E-state index contributed by atoms with van der Waals surface area (Å²) in [6.07, 6.45) is 4.37. The number of halogens is 1. The van der Waals surface area contributed by atoms with Crippen LogP contribution in [0.5, 0.6) is 0 Å². The molecule has 3 aromatic rings. The van der Waals surface area contributed by atoms with Crippen LogP contribution in [0.15, 0.2) is 52.4 Å². The number of benzene rings is 1. The van der Waals surface area contributed by atoms with Gasteiger partial charge in [-0.3, -0.25) is 9.59 Å². The standard InChI is InChI=1S/C22H24FN7O2S.C4H4O4/c23-14-1-2-17-19(9-14)30(21(32)12-25-17)8-7-29-5-3-15(4-6-29)24-11-16-10-18-22(28-27-16)33-13-20(31)26-18;5-3(6)1-2-4(7)8/h1-2,9-10,12,15,24H,3-8,11,13H2,(H,26,31);1-2H,(H,5,6)(H,7,8)/b;2-1+. The number of nitrogens with zero attached hydrogens (tertiary/aromatic N) is 5. The number of anilines is 1. The lowest BCUT2D eigenvalue weighted by Crippen LogP contribution is -2.43. The quantitative estimate of drug-likeness (QED) is 0.279. The van der Waals surface area contributed by atoms with Crippen molar-refractivity contribution in [3.63, 3.8) is 0 Å². The van der Waals surface area contributed by atoms with Crippen LogP contribution in [0, 0.1) is 5.82 Å². The van der Waals surface area contributed by atoms with Crippen LogP contribution in [0.4, 0.5) is 10.1 Å². The maximum atomic E-state index is 13.7.